The van der Waals surface area contributed by atoms with Crippen molar-refractivity contribution in [1.29, 1.82) is 0 Å². The minimum atomic E-state index is 0.852. The van der Waals surface area contributed by atoms with Gasteiger partial charge in [0.25, 0.3) is 0 Å². The van der Waals surface area contributed by atoms with Crippen molar-refractivity contribution in [3.63, 3.8) is 0 Å². The normalized spacial score (nSPS) is 34.5. The van der Waals surface area contributed by atoms with Crippen LogP contribution < -0.4 is 5.32 Å². The number of hydrogen-bond donors (Lipinski definition) is 1. The third kappa shape index (κ3) is 0.924. The van der Waals surface area contributed by atoms with Gasteiger partial charge < -0.3 is 5.32 Å². The van der Waals surface area contributed by atoms with E-state index in [1.807, 2.05) is 0 Å². The maximum absolute atomic E-state index is 3.25. The zero-order chi connectivity index (χ0) is 4.41. The largest absolute Gasteiger partial charge is 0.316 e. The molecule has 36 valence electrons. The van der Waals surface area contributed by atoms with Gasteiger partial charge in [-0.1, -0.05) is 0 Å². The van der Waals surface area contributed by atoms with Crippen LogP contribution in [0.1, 0.15) is 6.42 Å². The van der Waals surface area contributed by atoms with Gasteiger partial charge >= 0.3 is 0 Å². The van der Waals surface area contributed by atoms with Gasteiger partial charge in [-0.2, -0.15) is 0 Å². The lowest BCUT2D eigenvalue weighted by atomic mass is 10.4. The average Bonchev–Trinajstić information content (AvgIpc) is 1.86. The van der Waals surface area contributed by atoms with Gasteiger partial charge in [-0.15, -0.1) is 9.24 Å². The van der Waals surface area contributed by atoms with Crippen molar-refractivity contribution < 1.29 is 0 Å². The Morgan fingerprint density at radius 1 is 1.67 bits per heavy atom. The highest BCUT2D eigenvalue weighted by atomic mass is 31.0. The molecule has 0 radical (unpaired) electrons. The predicted octanol–water partition coefficient (Wildman–Crippen LogP) is 0.223. The molecule has 6 heavy (non-hydrogen) atoms. The van der Waals surface area contributed by atoms with Gasteiger partial charge in [0.1, 0.15) is 0 Å². The van der Waals surface area contributed by atoms with Crippen LogP contribution in [-0.4, -0.2) is 18.7 Å². The Morgan fingerprint density at radius 2 is 2.50 bits per heavy atom. The van der Waals surface area contributed by atoms with E-state index < -0.39 is 0 Å². The van der Waals surface area contributed by atoms with Gasteiger partial charge in [0.2, 0.25) is 0 Å². The fraction of sp³-hybridized carbons (Fsp3) is 1.00. The molecule has 1 heterocycles. The molecule has 1 aliphatic rings. The molecule has 1 nitrogen and oxygen atoms in total. The minimum absolute atomic E-state index is 0.852. The molecule has 0 aromatic carbocycles. The summed E-state index contributed by atoms with van der Waals surface area (Å²) < 4.78 is 0. The molecule has 1 N–H and O–H groups in total. The molecule has 1 aliphatic heterocycles. The molecule has 1 fully saturated rings. The van der Waals surface area contributed by atoms with E-state index in [0.29, 0.717) is 0 Å². The standard InChI is InChI=1S/C4H10NP/c6-4-1-2-5-3-4/h4-5H,1-3,6H2. The first kappa shape index (κ1) is 4.55. The molecule has 0 spiro atoms. The quantitative estimate of drug-likeness (QED) is 0.432. The molecule has 0 aromatic rings. The Kier molecular flexibility index (Phi) is 1.44. The maximum atomic E-state index is 3.25. The van der Waals surface area contributed by atoms with E-state index in [9.17, 15) is 0 Å². The van der Waals surface area contributed by atoms with Crippen LogP contribution in [0.2, 0.25) is 0 Å². The van der Waals surface area contributed by atoms with Gasteiger partial charge in [-0.25, -0.2) is 0 Å². The van der Waals surface area contributed by atoms with Crippen LogP contribution in [0.4, 0.5) is 0 Å². The summed E-state index contributed by atoms with van der Waals surface area (Å²) in [6.07, 6.45) is 1.34. The van der Waals surface area contributed by atoms with E-state index >= 15 is 0 Å². The van der Waals surface area contributed by atoms with Gasteiger partial charge in [-0.05, 0) is 18.6 Å². The first-order valence-electron chi connectivity index (χ1n) is 2.36. The zero-order valence-electron chi connectivity index (χ0n) is 3.78. The second-order valence-corrected chi connectivity index (χ2v) is 2.70. The van der Waals surface area contributed by atoms with Crippen LogP contribution in [0.15, 0.2) is 0 Å². The first-order chi connectivity index (χ1) is 2.89. The Morgan fingerprint density at radius 3 is 2.67 bits per heavy atom. The van der Waals surface area contributed by atoms with E-state index in [0.717, 1.165) is 5.66 Å². The van der Waals surface area contributed by atoms with E-state index in [-0.39, 0.29) is 0 Å². The molecule has 1 saturated heterocycles. The Balaban J connectivity index is 2.18. The molecular weight excluding hydrogens is 93.0 g/mol. The van der Waals surface area contributed by atoms with Gasteiger partial charge in [-0.3, -0.25) is 0 Å². The van der Waals surface area contributed by atoms with Crippen LogP contribution in [0, 0.1) is 0 Å². The van der Waals surface area contributed by atoms with Gasteiger partial charge in [0.05, 0.1) is 0 Å². The number of rotatable bonds is 0. The van der Waals surface area contributed by atoms with Crippen molar-refractivity contribution in [3.8, 4) is 0 Å². The molecule has 1 rings (SSSR count). The molecule has 0 aliphatic carbocycles. The molecular formula is C4H10NP. The van der Waals surface area contributed by atoms with Crippen molar-refractivity contribution in [1.82, 2.24) is 5.32 Å². The summed E-state index contributed by atoms with van der Waals surface area (Å²) >= 11 is 0. The summed E-state index contributed by atoms with van der Waals surface area (Å²) in [6, 6.07) is 0. The molecule has 0 saturated carbocycles. The predicted molar refractivity (Wildman–Crippen MR) is 31.0 cm³/mol. The SMILES string of the molecule is PC1CCNC1. The van der Waals surface area contributed by atoms with Gasteiger partial charge in [0.15, 0.2) is 0 Å². The van der Waals surface area contributed by atoms with Crippen LogP contribution >= 0.6 is 9.24 Å². The van der Waals surface area contributed by atoms with Gasteiger partial charge in [0, 0.05) is 6.54 Å². The topological polar surface area (TPSA) is 12.0 Å². The number of hydrogen-bond acceptors (Lipinski definition) is 1. The molecule has 0 aromatic heterocycles. The summed E-state index contributed by atoms with van der Waals surface area (Å²) in [6.45, 7) is 2.42. The third-order valence-corrected chi connectivity index (χ3v) is 1.67. The second kappa shape index (κ2) is 1.90. The zero-order valence-corrected chi connectivity index (χ0v) is 4.93. The minimum Gasteiger partial charge on any atom is -0.316 e. The maximum Gasteiger partial charge on any atom is 0.00146 e. The summed E-state index contributed by atoms with van der Waals surface area (Å²) in [5.74, 6) is 0. The highest BCUT2D eigenvalue weighted by Gasteiger charge is 2.06. The fourth-order valence-corrected chi connectivity index (χ4v) is 1.01. The third-order valence-electron chi connectivity index (χ3n) is 1.10. The van der Waals surface area contributed by atoms with Crippen molar-refractivity contribution >= 4 is 9.24 Å². The highest BCUT2D eigenvalue weighted by Crippen LogP contribution is 2.06. The van der Waals surface area contributed by atoms with E-state index in [2.05, 4.69) is 14.6 Å². The van der Waals surface area contributed by atoms with Crippen LogP contribution in [0.25, 0.3) is 0 Å². The lowest BCUT2D eigenvalue weighted by molar-refractivity contribution is 0.858. The average molecular weight is 103 g/mol. The van der Waals surface area contributed by atoms with E-state index in [4.69, 9.17) is 0 Å². The van der Waals surface area contributed by atoms with E-state index in [1.165, 1.54) is 19.5 Å². The van der Waals surface area contributed by atoms with Crippen LogP contribution in [0.3, 0.4) is 0 Å². The Labute approximate surface area is 40.7 Å². The smallest absolute Gasteiger partial charge is 0.00146 e. The Hall–Kier alpha value is 0.390. The summed E-state index contributed by atoms with van der Waals surface area (Å²) in [5, 5.41) is 3.25. The molecule has 0 bridgehead atoms. The van der Waals surface area contributed by atoms with E-state index in [1.54, 1.807) is 0 Å². The van der Waals surface area contributed by atoms with Crippen molar-refractivity contribution in [2.75, 3.05) is 13.1 Å². The summed E-state index contributed by atoms with van der Waals surface area (Å²) in [4.78, 5) is 0. The van der Waals surface area contributed by atoms with Crippen molar-refractivity contribution in [3.05, 3.63) is 0 Å². The molecule has 2 unspecified atom stereocenters. The van der Waals surface area contributed by atoms with Crippen molar-refractivity contribution in [2.45, 2.75) is 12.1 Å². The number of nitrogens with one attached hydrogen (secondary N) is 1. The van der Waals surface area contributed by atoms with Crippen LogP contribution in [-0.2, 0) is 0 Å². The summed E-state index contributed by atoms with van der Waals surface area (Å²) in [7, 11) is 2.81. The monoisotopic (exact) mass is 103 g/mol. The second-order valence-electron chi connectivity index (χ2n) is 1.75. The summed E-state index contributed by atoms with van der Waals surface area (Å²) in [5.41, 5.74) is 0.852. The Bertz CT molecular complexity index is 40.8. The van der Waals surface area contributed by atoms with Crippen LogP contribution in [0.5, 0.6) is 0 Å². The molecule has 2 atom stereocenters. The molecule has 0 amide bonds. The highest BCUT2D eigenvalue weighted by molar-refractivity contribution is 7.17. The first-order valence-corrected chi connectivity index (χ1v) is 3.02. The lowest BCUT2D eigenvalue weighted by Crippen LogP contribution is -2.07. The van der Waals surface area contributed by atoms with Crippen molar-refractivity contribution in [2.24, 2.45) is 0 Å². The lowest BCUT2D eigenvalue weighted by Gasteiger charge is -1.90. The molecule has 2 heteroatoms. The fourth-order valence-electron chi connectivity index (χ4n) is 0.677.